The minimum atomic E-state index is 0.264. The highest BCUT2D eigenvalue weighted by Gasteiger charge is 2.14. The molecule has 1 atom stereocenters. The Labute approximate surface area is 161 Å². The number of methoxy groups -OCH3 is 1. The van der Waals surface area contributed by atoms with Gasteiger partial charge in [-0.05, 0) is 43.9 Å². The summed E-state index contributed by atoms with van der Waals surface area (Å²) < 4.78 is 16.3. The van der Waals surface area contributed by atoms with Crippen molar-refractivity contribution in [2.24, 2.45) is 4.99 Å². The first-order chi connectivity index (χ1) is 12.7. The molecule has 0 aromatic heterocycles. The lowest BCUT2D eigenvalue weighted by molar-refractivity contribution is 0.0200. The Morgan fingerprint density at radius 2 is 2.27 bits per heavy atom. The smallest absolute Gasteiger partial charge is 0.191 e. The maximum atomic E-state index is 6.28. The minimum absolute atomic E-state index is 0.264. The van der Waals surface area contributed by atoms with Gasteiger partial charge >= 0.3 is 0 Å². The van der Waals surface area contributed by atoms with Crippen LogP contribution in [0.4, 0.5) is 0 Å². The third-order valence-electron chi connectivity index (χ3n) is 4.12. The monoisotopic (exact) mass is 383 g/mol. The maximum absolute atomic E-state index is 6.28. The molecule has 1 heterocycles. The highest BCUT2D eigenvalue weighted by molar-refractivity contribution is 6.31. The van der Waals surface area contributed by atoms with Crippen LogP contribution in [-0.4, -0.2) is 58.6 Å². The minimum Gasteiger partial charge on any atom is -0.497 e. The number of hydrogen-bond donors (Lipinski definition) is 2. The predicted octanol–water partition coefficient (Wildman–Crippen LogP) is 2.64. The number of nitrogens with one attached hydrogen (secondary N) is 2. The predicted molar refractivity (Wildman–Crippen MR) is 105 cm³/mol. The standard InChI is InChI=1S/C19H30ClN3O3/c1-3-21-19(23-10-12-25-14-17-5-4-11-26-17)22-9-8-15-6-7-16(24-2)13-18(15)20/h6-7,13,17H,3-5,8-12,14H2,1-2H3,(H2,21,22,23). The van der Waals surface area contributed by atoms with Gasteiger partial charge in [-0.25, -0.2) is 0 Å². The van der Waals surface area contributed by atoms with E-state index in [4.69, 9.17) is 25.8 Å². The van der Waals surface area contributed by atoms with Crippen molar-refractivity contribution >= 4 is 17.6 Å². The Morgan fingerprint density at radius 3 is 2.96 bits per heavy atom. The van der Waals surface area contributed by atoms with Crippen LogP contribution in [0, 0.1) is 0 Å². The number of halogens is 1. The molecule has 0 amide bonds. The van der Waals surface area contributed by atoms with Crippen molar-refractivity contribution in [2.45, 2.75) is 32.3 Å². The van der Waals surface area contributed by atoms with Crippen LogP contribution in [0.15, 0.2) is 23.2 Å². The Bertz CT molecular complexity index is 563. The number of benzene rings is 1. The number of rotatable bonds is 10. The van der Waals surface area contributed by atoms with Crippen LogP contribution in [-0.2, 0) is 15.9 Å². The molecule has 0 saturated carbocycles. The summed E-state index contributed by atoms with van der Waals surface area (Å²) in [6.07, 6.45) is 3.31. The summed E-state index contributed by atoms with van der Waals surface area (Å²) in [5, 5.41) is 7.28. The van der Waals surface area contributed by atoms with Gasteiger partial charge in [0.25, 0.3) is 0 Å². The van der Waals surface area contributed by atoms with Gasteiger partial charge in [-0.3, -0.25) is 4.99 Å². The largest absolute Gasteiger partial charge is 0.497 e. The second kappa shape index (κ2) is 12.0. The van der Waals surface area contributed by atoms with E-state index in [1.54, 1.807) is 7.11 Å². The van der Waals surface area contributed by atoms with Crippen molar-refractivity contribution in [3.05, 3.63) is 28.8 Å². The lowest BCUT2D eigenvalue weighted by atomic mass is 10.1. The quantitative estimate of drug-likeness (QED) is 0.369. The number of guanidine groups is 1. The number of aliphatic imine (C=N–C) groups is 1. The Kier molecular flexibility index (Phi) is 9.60. The van der Waals surface area contributed by atoms with E-state index in [1.165, 1.54) is 0 Å². The van der Waals surface area contributed by atoms with Crippen molar-refractivity contribution in [1.82, 2.24) is 10.6 Å². The molecule has 1 aromatic rings. The fourth-order valence-corrected chi connectivity index (χ4v) is 2.99. The van der Waals surface area contributed by atoms with Crippen LogP contribution >= 0.6 is 11.6 Å². The number of nitrogens with zero attached hydrogens (tertiary/aromatic N) is 1. The molecule has 1 aromatic carbocycles. The van der Waals surface area contributed by atoms with Crippen molar-refractivity contribution in [1.29, 1.82) is 0 Å². The summed E-state index contributed by atoms with van der Waals surface area (Å²) in [6, 6.07) is 5.75. The van der Waals surface area contributed by atoms with Crippen LogP contribution in [0.1, 0.15) is 25.3 Å². The van der Waals surface area contributed by atoms with Crippen molar-refractivity contribution in [2.75, 3.05) is 46.6 Å². The van der Waals surface area contributed by atoms with Crippen LogP contribution < -0.4 is 15.4 Å². The normalized spacial score (nSPS) is 17.3. The molecule has 0 spiro atoms. The molecule has 26 heavy (non-hydrogen) atoms. The van der Waals surface area contributed by atoms with Gasteiger partial charge in [0.2, 0.25) is 0 Å². The molecular formula is C19H30ClN3O3. The third kappa shape index (κ3) is 7.40. The average molecular weight is 384 g/mol. The maximum Gasteiger partial charge on any atom is 0.191 e. The van der Waals surface area contributed by atoms with Gasteiger partial charge in [0.05, 0.1) is 33.0 Å². The molecule has 0 radical (unpaired) electrons. The fraction of sp³-hybridized carbons (Fsp3) is 0.632. The molecule has 6 nitrogen and oxygen atoms in total. The van der Waals surface area contributed by atoms with Crippen molar-refractivity contribution in [3.8, 4) is 5.75 Å². The number of hydrogen-bond acceptors (Lipinski definition) is 4. The Hall–Kier alpha value is -1.50. The SMILES string of the molecule is CCNC(=NCCOCC1CCCO1)NCCc1ccc(OC)cc1Cl. The Balaban J connectivity index is 1.69. The third-order valence-corrected chi connectivity index (χ3v) is 4.48. The van der Waals surface area contributed by atoms with Crippen LogP contribution in [0.25, 0.3) is 0 Å². The molecule has 0 bridgehead atoms. The molecule has 1 unspecified atom stereocenters. The molecule has 7 heteroatoms. The first kappa shape index (κ1) is 20.8. The van der Waals surface area contributed by atoms with E-state index in [9.17, 15) is 0 Å². The first-order valence-electron chi connectivity index (χ1n) is 9.27. The zero-order chi connectivity index (χ0) is 18.6. The number of ether oxygens (including phenoxy) is 3. The summed E-state index contributed by atoms with van der Waals surface area (Å²) in [5.41, 5.74) is 1.08. The van der Waals surface area contributed by atoms with E-state index >= 15 is 0 Å². The summed E-state index contributed by atoms with van der Waals surface area (Å²) in [4.78, 5) is 4.53. The summed E-state index contributed by atoms with van der Waals surface area (Å²) in [5.74, 6) is 1.56. The van der Waals surface area contributed by atoms with E-state index in [1.807, 2.05) is 25.1 Å². The van der Waals surface area contributed by atoms with E-state index in [-0.39, 0.29) is 6.10 Å². The molecule has 1 fully saturated rings. The van der Waals surface area contributed by atoms with E-state index in [0.717, 1.165) is 61.3 Å². The first-order valence-corrected chi connectivity index (χ1v) is 9.64. The lowest BCUT2D eigenvalue weighted by Crippen LogP contribution is -2.38. The van der Waals surface area contributed by atoms with E-state index in [0.29, 0.717) is 19.8 Å². The second-order valence-electron chi connectivity index (χ2n) is 6.10. The molecule has 0 aliphatic carbocycles. The Morgan fingerprint density at radius 1 is 1.38 bits per heavy atom. The zero-order valence-corrected chi connectivity index (χ0v) is 16.5. The van der Waals surface area contributed by atoms with Gasteiger partial charge in [0.15, 0.2) is 5.96 Å². The van der Waals surface area contributed by atoms with E-state index < -0.39 is 0 Å². The van der Waals surface area contributed by atoms with Crippen molar-refractivity contribution in [3.63, 3.8) is 0 Å². The molecule has 2 rings (SSSR count). The van der Waals surface area contributed by atoms with Crippen LogP contribution in [0.2, 0.25) is 5.02 Å². The lowest BCUT2D eigenvalue weighted by Gasteiger charge is -2.13. The van der Waals surface area contributed by atoms with Gasteiger partial charge in [-0.2, -0.15) is 0 Å². The summed E-state index contributed by atoms with van der Waals surface area (Å²) in [7, 11) is 1.64. The molecular weight excluding hydrogens is 354 g/mol. The average Bonchev–Trinajstić information content (AvgIpc) is 3.16. The van der Waals surface area contributed by atoms with Crippen LogP contribution in [0.3, 0.4) is 0 Å². The zero-order valence-electron chi connectivity index (χ0n) is 15.7. The van der Waals surface area contributed by atoms with Crippen molar-refractivity contribution < 1.29 is 14.2 Å². The molecule has 2 N–H and O–H groups in total. The molecule has 1 aliphatic rings. The van der Waals surface area contributed by atoms with E-state index in [2.05, 4.69) is 15.6 Å². The topological polar surface area (TPSA) is 64.1 Å². The highest BCUT2D eigenvalue weighted by Crippen LogP contribution is 2.22. The van der Waals surface area contributed by atoms with Crippen LogP contribution in [0.5, 0.6) is 5.75 Å². The van der Waals surface area contributed by atoms with Gasteiger partial charge in [0.1, 0.15) is 5.75 Å². The molecule has 146 valence electrons. The molecule has 1 saturated heterocycles. The van der Waals surface area contributed by atoms with Gasteiger partial charge < -0.3 is 24.8 Å². The molecule has 1 aliphatic heterocycles. The second-order valence-corrected chi connectivity index (χ2v) is 6.51. The van der Waals surface area contributed by atoms with Gasteiger partial charge in [-0.1, -0.05) is 17.7 Å². The van der Waals surface area contributed by atoms with Gasteiger partial charge in [-0.15, -0.1) is 0 Å². The summed E-state index contributed by atoms with van der Waals surface area (Å²) >= 11 is 6.28. The van der Waals surface area contributed by atoms with Gasteiger partial charge in [0, 0.05) is 24.7 Å². The highest BCUT2D eigenvalue weighted by atomic mass is 35.5. The summed E-state index contributed by atoms with van der Waals surface area (Å²) in [6.45, 7) is 6.34. The fourth-order valence-electron chi connectivity index (χ4n) is 2.73.